The maximum absolute atomic E-state index is 11.0. The summed E-state index contributed by atoms with van der Waals surface area (Å²) in [6, 6.07) is 0. The molecule has 1 heterocycles. The second kappa shape index (κ2) is 4.56. The third-order valence-electron chi connectivity index (χ3n) is 1.88. The fraction of sp³-hybridized carbons (Fsp3) is 0.375. The first-order valence-electron chi connectivity index (χ1n) is 4.43. The number of rotatable bonds is 4. The summed E-state index contributed by atoms with van der Waals surface area (Å²) in [6.07, 6.45) is 2.27. The summed E-state index contributed by atoms with van der Waals surface area (Å²) in [5.41, 5.74) is 7.78. The minimum atomic E-state index is -0.667. The van der Waals surface area contributed by atoms with Gasteiger partial charge in [0.2, 0.25) is 0 Å². The maximum atomic E-state index is 11.0. The fourth-order valence-electron chi connectivity index (χ4n) is 1.16. The van der Waals surface area contributed by atoms with Gasteiger partial charge in [-0.25, -0.2) is 10.8 Å². The number of aryl methyl sites for hydroxylation is 1. The number of carbonyl (C=O) groups excluding carboxylic acids is 2. The van der Waals surface area contributed by atoms with Crippen LogP contribution >= 0.6 is 0 Å². The fourth-order valence-corrected chi connectivity index (χ4v) is 1.16. The van der Waals surface area contributed by atoms with Gasteiger partial charge in [-0.2, -0.15) is 0 Å². The smallest absolute Gasteiger partial charge is 0.284 e. The van der Waals surface area contributed by atoms with E-state index < -0.39 is 11.8 Å². The molecule has 0 aliphatic carbocycles. The SMILES string of the molecule is CCc1cn(CC(=O)NN)c(C(N)=O)n1. The van der Waals surface area contributed by atoms with E-state index in [1.54, 1.807) is 6.20 Å². The Morgan fingerprint density at radius 2 is 2.27 bits per heavy atom. The highest BCUT2D eigenvalue weighted by atomic mass is 16.2. The van der Waals surface area contributed by atoms with Crippen molar-refractivity contribution >= 4 is 11.8 Å². The Morgan fingerprint density at radius 1 is 1.60 bits per heavy atom. The van der Waals surface area contributed by atoms with Crippen molar-refractivity contribution in [3.05, 3.63) is 17.7 Å². The summed E-state index contributed by atoms with van der Waals surface area (Å²) < 4.78 is 1.38. The number of hydrogen-bond acceptors (Lipinski definition) is 4. The molecular weight excluding hydrogens is 198 g/mol. The van der Waals surface area contributed by atoms with Crippen LogP contribution in [0.4, 0.5) is 0 Å². The van der Waals surface area contributed by atoms with E-state index in [0.717, 1.165) is 0 Å². The molecular formula is C8H13N5O2. The molecule has 0 saturated heterocycles. The maximum Gasteiger partial charge on any atom is 0.284 e. The van der Waals surface area contributed by atoms with Crippen LogP contribution in [0.1, 0.15) is 23.2 Å². The molecule has 1 aromatic heterocycles. The highest BCUT2D eigenvalue weighted by molar-refractivity contribution is 5.90. The topological polar surface area (TPSA) is 116 Å². The molecule has 1 rings (SSSR count). The van der Waals surface area contributed by atoms with Gasteiger partial charge in [0.1, 0.15) is 6.54 Å². The Morgan fingerprint density at radius 3 is 2.73 bits per heavy atom. The normalized spacial score (nSPS) is 10.0. The number of nitrogens with two attached hydrogens (primary N) is 2. The molecule has 5 N–H and O–H groups in total. The van der Waals surface area contributed by atoms with E-state index in [1.165, 1.54) is 4.57 Å². The Labute approximate surface area is 86.4 Å². The zero-order valence-electron chi connectivity index (χ0n) is 8.36. The molecule has 2 amide bonds. The van der Waals surface area contributed by atoms with Gasteiger partial charge in [0, 0.05) is 6.20 Å². The van der Waals surface area contributed by atoms with Gasteiger partial charge in [-0.15, -0.1) is 0 Å². The zero-order valence-corrected chi connectivity index (χ0v) is 8.36. The lowest BCUT2D eigenvalue weighted by atomic mass is 10.4. The molecule has 15 heavy (non-hydrogen) atoms. The standard InChI is InChI=1S/C8H13N5O2/c1-2-5-3-13(4-6(14)12-10)8(11-5)7(9)15/h3H,2,4,10H2,1H3,(H2,9,15)(H,12,14). The Balaban J connectivity index is 2.98. The number of aromatic nitrogens is 2. The number of nitrogens with one attached hydrogen (secondary N) is 1. The molecule has 0 atom stereocenters. The molecule has 82 valence electrons. The quantitative estimate of drug-likeness (QED) is 0.320. The van der Waals surface area contributed by atoms with Crippen molar-refractivity contribution in [3.8, 4) is 0 Å². The molecule has 0 unspecified atom stereocenters. The van der Waals surface area contributed by atoms with Crippen LogP contribution in [0.5, 0.6) is 0 Å². The van der Waals surface area contributed by atoms with Gasteiger partial charge < -0.3 is 10.3 Å². The van der Waals surface area contributed by atoms with Gasteiger partial charge in [0.05, 0.1) is 5.69 Å². The van der Waals surface area contributed by atoms with Crippen LogP contribution in [-0.2, 0) is 17.8 Å². The summed E-state index contributed by atoms with van der Waals surface area (Å²) in [4.78, 5) is 26.0. The molecule has 7 heteroatoms. The number of amides is 2. The largest absolute Gasteiger partial charge is 0.363 e. The van der Waals surface area contributed by atoms with Crippen molar-refractivity contribution in [1.82, 2.24) is 15.0 Å². The van der Waals surface area contributed by atoms with Crippen LogP contribution in [0, 0.1) is 0 Å². The second-order valence-corrected chi connectivity index (χ2v) is 2.97. The summed E-state index contributed by atoms with van der Waals surface area (Å²) in [6.45, 7) is 1.82. The predicted molar refractivity (Wildman–Crippen MR) is 52.5 cm³/mol. The summed E-state index contributed by atoms with van der Waals surface area (Å²) >= 11 is 0. The van der Waals surface area contributed by atoms with Gasteiger partial charge in [0.25, 0.3) is 11.8 Å². The van der Waals surface area contributed by atoms with E-state index in [0.29, 0.717) is 12.1 Å². The minimum Gasteiger partial charge on any atom is -0.363 e. The van der Waals surface area contributed by atoms with Gasteiger partial charge >= 0.3 is 0 Å². The highest BCUT2D eigenvalue weighted by Crippen LogP contribution is 2.03. The van der Waals surface area contributed by atoms with Gasteiger partial charge in [-0.3, -0.25) is 15.0 Å². The van der Waals surface area contributed by atoms with E-state index in [-0.39, 0.29) is 12.4 Å². The molecule has 1 aromatic rings. The second-order valence-electron chi connectivity index (χ2n) is 2.97. The van der Waals surface area contributed by atoms with Crippen LogP contribution in [0.2, 0.25) is 0 Å². The van der Waals surface area contributed by atoms with Gasteiger partial charge in [0.15, 0.2) is 5.82 Å². The molecule has 0 fully saturated rings. The van der Waals surface area contributed by atoms with Crippen LogP contribution in [0.3, 0.4) is 0 Å². The minimum absolute atomic E-state index is 0.0652. The van der Waals surface area contributed by atoms with E-state index in [4.69, 9.17) is 11.6 Å². The lowest BCUT2D eigenvalue weighted by molar-refractivity contribution is -0.121. The van der Waals surface area contributed by atoms with Crippen molar-refractivity contribution in [1.29, 1.82) is 0 Å². The lowest BCUT2D eigenvalue weighted by Gasteiger charge is -2.02. The number of carbonyl (C=O) groups is 2. The first kappa shape index (κ1) is 11.2. The number of hydrazine groups is 1. The number of imidazole rings is 1. The number of hydrogen-bond donors (Lipinski definition) is 3. The molecule has 0 radical (unpaired) electrons. The summed E-state index contributed by atoms with van der Waals surface area (Å²) in [5.74, 6) is 3.92. The van der Waals surface area contributed by atoms with Gasteiger partial charge in [-0.05, 0) is 6.42 Å². The number of nitrogens with zero attached hydrogens (tertiary/aromatic N) is 2. The summed E-state index contributed by atoms with van der Waals surface area (Å²) in [7, 11) is 0. The third-order valence-corrected chi connectivity index (χ3v) is 1.88. The van der Waals surface area contributed by atoms with E-state index in [9.17, 15) is 9.59 Å². The lowest BCUT2D eigenvalue weighted by Crippen LogP contribution is -2.34. The molecule has 0 aliphatic rings. The summed E-state index contributed by atoms with van der Waals surface area (Å²) in [5, 5.41) is 0. The van der Waals surface area contributed by atoms with E-state index in [1.807, 2.05) is 12.3 Å². The van der Waals surface area contributed by atoms with Crippen LogP contribution in [0.15, 0.2) is 6.20 Å². The van der Waals surface area contributed by atoms with Crippen LogP contribution in [0.25, 0.3) is 0 Å². The molecule has 7 nitrogen and oxygen atoms in total. The third kappa shape index (κ3) is 2.53. The monoisotopic (exact) mass is 211 g/mol. The Bertz CT molecular complexity index is 384. The van der Waals surface area contributed by atoms with Gasteiger partial charge in [-0.1, -0.05) is 6.92 Å². The first-order chi connectivity index (χ1) is 7.08. The van der Waals surface area contributed by atoms with Crippen molar-refractivity contribution in [3.63, 3.8) is 0 Å². The molecule has 0 spiro atoms. The average Bonchev–Trinajstić information content (AvgIpc) is 2.61. The highest BCUT2D eigenvalue weighted by Gasteiger charge is 2.13. The van der Waals surface area contributed by atoms with Crippen molar-refractivity contribution < 1.29 is 9.59 Å². The molecule has 0 aromatic carbocycles. The van der Waals surface area contributed by atoms with Crippen molar-refractivity contribution in [2.45, 2.75) is 19.9 Å². The average molecular weight is 211 g/mol. The van der Waals surface area contributed by atoms with Crippen LogP contribution < -0.4 is 17.0 Å². The number of primary amides is 1. The predicted octanol–water partition coefficient (Wildman–Crippen LogP) is -1.47. The Hall–Kier alpha value is -1.89. The van der Waals surface area contributed by atoms with Crippen molar-refractivity contribution in [2.75, 3.05) is 0 Å². The van der Waals surface area contributed by atoms with Crippen molar-refractivity contribution in [2.24, 2.45) is 11.6 Å². The Kier molecular flexibility index (Phi) is 3.40. The zero-order chi connectivity index (χ0) is 11.4. The van der Waals surface area contributed by atoms with Crippen LogP contribution in [-0.4, -0.2) is 21.4 Å². The van der Waals surface area contributed by atoms with E-state index in [2.05, 4.69) is 4.98 Å². The molecule has 0 bridgehead atoms. The molecule has 0 aliphatic heterocycles. The molecule has 0 saturated carbocycles. The van der Waals surface area contributed by atoms with E-state index >= 15 is 0 Å². The first-order valence-corrected chi connectivity index (χ1v) is 4.43.